The average Bonchev–Trinajstić information content (AvgIpc) is 1.82. The molecule has 70 valence electrons. The fourth-order valence-corrected chi connectivity index (χ4v) is 1.51. The number of amides is 1. The number of nitrogens with two attached hydrogens (primary N) is 1. The van der Waals surface area contributed by atoms with Crippen molar-refractivity contribution in [2.45, 2.75) is 38.6 Å². The van der Waals surface area contributed by atoms with Gasteiger partial charge in [0.2, 0.25) is 5.91 Å². The van der Waals surface area contributed by atoms with E-state index in [1.165, 1.54) is 19.3 Å². The quantitative estimate of drug-likeness (QED) is 0.650. The first-order valence-electron chi connectivity index (χ1n) is 4.73. The van der Waals surface area contributed by atoms with E-state index in [1.807, 2.05) is 0 Å². The van der Waals surface area contributed by atoms with Gasteiger partial charge in [-0.3, -0.25) is 4.79 Å². The number of rotatable bonds is 4. The van der Waals surface area contributed by atoms with Gasteiger partial charge in [0.1, 0.15) is 0 Å². The highest BCUT2D eigenvalue weighted by atomic mass is 16.1. The molecule has 1 saturated carbocycles. The Bertz CT molecular complexity index is 155. The molecule has 1 aliphatic carbocycles. The topological polar surface area (TPSA) is 55.1 Å². The van der Waals surface area contributed by atoms with E-state index < -0.39 is 0 Å². The lowest BCUT2D eigenvalue weighted by Crippen LogP contribution is -2.41. The number of hydrogen-bond donors (Lipinski definition) is 2. The Labute approximate surface area is 73.7 Å². The predicted molar refractivity (Wildman–Crippen MR) is 48.6 cm³/mol. The molecule has 1 fully saturated rings. The van der Waals surface area contributed by atoms with E-state index in [1.54, 1.807) is 0 Å². The first kappa shape index (κ1) is 9.52. The highest BCUT2D eigenvalue weighted by molar-refractivity contribution is 5.76. The molecule has 12 heavy (non-hydrogen) atoms. The van der Waals surface area contributed by atoms with E-state index in [-0.39, 0.29) is 5.91 Å². The molecule has 3 N–H and O–H groups in total. The van der Waals surface area contributed by atoms with E-state index in [0.29, 0.717) is 24.9 Å². The van der Waals surface area contributed by atoms with Gasteiger partial charge >= 0.3 is 0 Å². The van der Waals surface area contributed by atoms with Gasteiger partial charge in [0.05, 0.1) is 0 Å². The third-order valence-corrected chi connectivity index (χ3v) is 2.62. The van der Waals surface area contributed by atoms with Gasteiger partial charge in [0, 0.05) is 19.0 Å². The molecule has 1 aliphatic rings. The molecule has 3 nitrogen and oxygen atoms in total. The van der Waals surface area contributed by atoms with E-state index in [0.717, 1.165) is 0 Å². The molecule has 0 aromatic rings. The molecule has 1 unspecified atom stereocenters. The Morgan fingerprint density at radius 1 is 1.67 bits per heavy atom. The number of hydrogen-bond acceptors (Lipinski definition) is 2. The molecule has 1 rings (SSSR count). The Morgan fingerprint density at radius 3 is 2.75 bits per heavy atom. The average molecular weight is 170 g/mol. The molecule has 1 atom stereocenters. The van der Waals surface area contributed by atoms with Crippen molar-refractivity contribution < 1.29 is 4.79 Å². The van der Waals surface area contributed by atoms with Gasteiger partial charge in [-0.15, -0.1) is 0 Å². The maximum absolute atomic E-state index is 11.1. The summed E-state index contributed by atoms with van der Waals surface area (Å²) in [5.74, 6) is 0.809. The van der Waals surface area contributed by atoms with Crippen LogP contribution in [0.4, 0.5) is 0 Å². The fraction of sp³-hybridized carbons (Fsp3) is 0.889. The second kappa shape index (κ2) is 4.45. The summed E-state index contributed by atoms with van der Waals surface area (Å²) >= 11 is 0. The van der Waals surface area contributed by atoms with Gasteiger partial charge in [0.25, 0.3) is 0 Å². The summed E-state index contributed by atoms with van der Waals surface area (Å²) in [6, 6.07) is 0.345. The van der Waals surface area contributed by atoms with Gasteiger partial charge in [0.15, 0.2) is 0 Å². The van der Waals surface area contributed by atoms with Gasteiger partial charge < -0.3 is 11.1 Å². The third-order valence-electron chi connectivity index (χ3n) is 2.62. The summed E-state index contributed by atoms with van der Waals surface area (Å²) in [5.41, 5.74) is 5.27. The summed E-state index contributed by atoms with van der Waals surface area (Å²) in [7, 11) is 0. The lowest BCUT2D eigenvalue weighted by atomic mass is 9.80. The molecule has 0 heterocycles. The van der Waals surface area contributed by atoms with Crippen LogP contribution in [-0.2, 0) is 4.79 Å². The van der Waals surface area contributed by atoms with Gasteiger partial charge in [-0.1, -0.05) is 6.42 Å². The molecule has 0 bridgehead atoms. The SMILES string of the molecule is CC(NC(=O)CCN)C1CCC1. The van der Waals surface area contributed by atoms with Crippen LogP contribution in [0.3, 0.4) is 0 Å². The molecule has 3 heteroatoms. The largest absolute Gasteiger partial charge is 0.353 e. The number of carbonyl (C=O) groups excluding carboxylic acids is 1. The van der Waals surface area contributed by atoms with E-state index in [4.69, 9.17) is 5.73 Å². The zero-order chi connectivity index (χ0) is 8.97. The van der Waals surface area contributed by atoms with Crippen LogP contribution in [0.1, 0.15) is 32.6 Å². The smallest absolute Gasteiger partial charge is 0.221 e. The lowest BCUT2D eigenvalue weighted by molar-refractivity contribution is -0.122. The second-order valence-corrected chi connectivity index (χ2v) is 3.59. The summed E-state index contributed by atoms with van der Waals surface area (Å²) in [4.78, 5) is 11.1. The maximum atomic E-state index is 11.1. The molecule has 0 spiro atoms. The standard InChI is InChI=1S/C9H18N2O/c1-7(8-3-2-4-8)11-9(12)5-6-10/h7-8H,2-6,10H2,1H3,(H,11,12). The third kappa shape index (κ3) is 2.48. The molecule has 1 amide bonds. The van der Waals surface area contributed by atoms with Crippen molar-refractivity contribution in [3.05, 3.63) is 0 Å². The second-order valence-electron chi connectivity index (χ2n) is 3.59. The van der Waals surface area contributed by atoms with Crippen molar-refractivity contribution in [1.29, 1.82) is 0 Å². The van der Waals surface area contributed by atoms with Crippen LogP contribution in [0.2, 0.25) is 0 Å². The Hall–Kier alpha value is -0.570. The van der Waals surface area contributed by atoms with Crippen LogP contribution in [0.15, 0.2) is 0 Å². The monoisotopic (exact) mass is 170 g/mol. The summed E-state index contributed by atoms with van der Waals surface area (Å²) in [6.07, 6.45) is 4.31. The molecule has 0 saturated heterocycles. The highest BCUT2D eigenvalue weighted by Gasteiger charge is 2.24. The van der Waals surface area contributed by atoms with Gasteiger partial charge in [-0.2, -0.15) is 0 Å². The first-order valence-corrected chi connectivity index (χ1v) is 4.73. The van der Waals surface area contributed by atoms with E-state index in [9.17, 15) is 4.79 Å². The number of carbonyl (C=O) groups is 1. The van der Waals surface area contributed by atoms with Crippen LogP contribution in [0.25, 0.3) is 0 Å². The molecule has 0 aliphatic heterocycles. The van der Waals surface area contributed by atoms with Gasteiger partial charge in [-0.25, -0.2) is 0 Å². The summed E-state index contributed by atoms with van der Waals surface area (Å²) in [6.45, 7) is 2.53. The summed E-state index contributed by atoms with van der Waals surface area (Å²) < 4.78 is 0. The van der Waals surface area contributed by atoms with E-state index >= 15 is 0 Å². The van der Waals surface area contributed by atoms with Crippen LogP contribution in [-0.4, -0.2) is 18.5 Å². The highest BCUT2D eigenvalue weighted by Crippen LogP contribution is 2.29. The zero-order valence-electron chi connectivity index (χ0n) is 7.68. The lowest BCUT2D eigenvalue weighted by Gasteiger charge is -2.31. The van der Waals surface area contributed by atoms with E-state index in [2.05, 4.69) is 12.2 Å². The van der Waals surface area contributed by atoms with Crippen LogP contribution in [0, 0.1) is 5.92 Å². The Balaban J connectivity index is 2.15. The molecule has 0 aromatic heterocycles. The molecular weight excluding hydrogens is 152 g/mol. The number of nitrogens with one attached hydrogen (secondary N) is 1. The van der Waals surface area contributed by atoms with Crippen LogP contribution in [0.5, 0.6) is 0 Å². The Kier molecular flexibility index (Phi) is 3.53. The zero-order valence-corrected chi connectivity index (χ0v) is 7.68. The Morgan fingerprint density at radius 2 is 2.33 bits per heavy atom. The minimum absolute atomic E-state index is 0.0944. The first-order chi connectivity index (χ1) is 5.74. The summed E-state index contributed by atoms with van der Waals surface area (Å²) in [5, 5.41) is 2.96. The molecular formula is C9H18N2O. The minimum atomic E-state index is 0.0944. The van der Waals surface area contributed by atoms with Crippen molar-refractivity contribution in [3.8, 4) is 0 Å². The maximum Gasteiger partial charge on any atom is 0.221 e. The van der Waals surface area contributed by atoms with Crippen molar-refractivity contribution in [2.75, 3.05) is 6.54 Å². The minimum Gasteiger partial charge on any atom is -0.353 e. The van der Waals surface area contributed by atoms with Crippen LogP contribution >= 0.6 is 0 Å². The molecule has 0 radical (unpaired) electrons. The van der Waals surface area contributed by atoms with Gasteiger partial charge in [-0.05, 0) is 25.7 Å². The molecule has 0 aromatic carbocycles. The van der Waals surface area contributed by atoms with Crippen molar-refractivity contribution in [3.63, 3.8) is 0 Å². The van der Waals surface area contributed by atoms with Crippen molar-refractivity contribution in [1.82, 2.24) is 5.32 Å². The van der Waals surface area contributed by atoms with Crippen molar-refractivity contribution in [2.24, 2.45) is 11.7 Å². The fourth-order valence-electron chi connectivity index (χ4n) is 1.51. The predicted octanol–water partition coefficient (Wildman–Crippen LogP) is 0.640. The normalized spacial score (nSPS) is 19.8. The van der Waals surface area contributed by atoms with Crippen molar-refractivity contribution >= 4 is 5.91 Å². The van der Waals surface area contributed by atoms with Crippen LogP contribution < -0.4 is 11.1 Å².